The minimum Gasteiger partial charge on any atom is -0.489 e. The van der Waals surface area contributed by atoms with Gasteiger partial charge in [0.05, 0.1) is 17.6 Å². The zero-order valence-electron chi connectivity index (χ0n) is 11.4. The van der Waals surface area contributed by atoms with Crippen molar-refractivity contribution in [2.45, 2.75) is 11.3 Å². The lowest BCUT2D eigenvalue weighted by molar-refractivity contribution is -0.385. The van der Waals surface area contributed by atoms with Crippen molar-refractivity contribution in [3.8, 4) is 5.75 Å². The van der Waals surface area contributed by atoms with E-state index in [1.807, 2.05) is 19.0 Å². The molecule has 0 atom stereocenters. The molecule has 0 aliphatic heterocycles. The van der Waals surface area contributed by atoms with Crippen LogP contribution < -0.4 is 4.74 Å². The van der Waals surface area contributed by atoms with E-state index in [4.69, 9.17) is 15.4 Å². The van der Waals surface area contributed by atoms with Gasteiger partial charge in [-0.25, -0.2) is 12.8 Å². The topological polar surface area (TPSA) is 89.8 Å². The fourth-order valence-corrected chi connectivity index (χ4v) is 2.52. The van der Waals surface area contributed by atoms with E-state index in [0.717, 1.165) is 0 Å². The second-order valence-electron chi connectivity index (χ2n) is 4.46. The summed E-state index contributed by atoms with van der Waals surface area (Å²) in [4.78, 5) is 10.8. The maximum absolute atomic E-state index is 13.8. The molecule has 0 spiro atoms. The van der Waals surface area contributed by atoms with Gasteiger partial charge in [0, 0.05) is 23.3 Å². The highest BCUT2D eigenvalue weighted by Crippen LogP contribution is 2.33. The van der Waals surface area contributed by atoms with E-state index < -0.39 is 36.1 Å². The highest BCUT2D eigenvalue weighted by atomic mass is 35.7. The standard InChI is InChI=1S/C11H14ClFN2O5S/c1-14(2)4-3-5-20-11-9(13)6-8(15(16)17)7-10(11)21(12,18)19/h6-7H,3-5H2,1-2H3. The van der Waals surface area contributed by atoms with Crippen molar-refractivity contribution >= 4 is 25.4 Å². The summed E-state index contributed by atoms with van der Waals surface area (Å²) in [5, 5.41) is 10.6. The first-order valence-electron chi connectivity index (χ1n) is 5.83. The molecule has 7 nitrogen and oxygen atoms in total. The summed E-state index contributed by atoms with van der Waals surface area (Å²) in [6.07, 6.45) is 0.519. The number of benzene rings is 1. The van der Waals surface area contributed by atoms with E-state index >= 15 is 0 Å². The lowest BCUT2D eigenvalue weighted by Gasteiger charge is -2.12. The molecule has 1 aromatic carbocycles. The molecule has 0 amide bonds. The summed E-state index contributed by atoms with van der Waals surface area (Å²) < 4.78 is 41.7. The maximum atomic E-state index is 13.8. The molecule has 21 heavy (non-hydrogen) atoms. The summed E-state index contributed by atoms with van der Waals surface area (Å²) in [5.74, 6) is -1.75. The van der Waals surface area contributed by atoms with Crippen molar-refractivity contribution in [1.29, 1.82) is 0 Å². The van der Waals surface area contributed by atoms with Gasteiger partial charge in [0.25, 0.3) is 14.7 Å². The predicted octanol–water partition coefficient (Wildman–Crippen LogP) is 1.99. The molecule has 0 heterocycles. The van der Waals surface area contributed by atoms with Gasteiger partial charge in [-0.1, -0.05) is 0 Å². The quantitative estimate of drug-likeness (QED) is 0.326. The van der Waals surface area contributed by atoms with Gasteiger partial charge in [0.2, 0.25) is 0 Å². The van der Waals surface area contributed by atoms with Gasteiger partial charge in [-0.2, -0.15) is 0 Å². The summed E-state index contributed by atoms with van der Waals surface area (Å²) >= 11 is 0. The number of nitro groups is 1. The van der Waals surface area contributed by atoms with Gasteiger partial charge >= 0.3 is 0 Å². The first-order valence-corrected chi connectivity index (χ1v) is 8.14. The van der Waals surface area contributed by atoms with Crippen LogP contribution in [0.4, 0.5) is 10.1 Å². The smallest absolute Gasteiger partial charge is 0.273 e. The van der Waals surface area contributed by atoms with Crippen LogP contribution in [0.1, 0.15) is 6.42 Å². The molecule has 0 aliphatic rings. The summed E-state index contributed by atoms with van der Waals surface area (Å²) in [6.45, 7) is 0.698. The molecule has 0 N–H and O–H groups in total. The van der Waals surface area contributed by atoms with E-state index in [0.29, 0.717) is 25.1 Å². The van der Waals surface area contributed by atoms with Crippen LogP contribution in [0.2, 0.25) is 0 Å². The van der Waals surface area contributed by atoms with Crippen LogP contribution in [0.3, 0.4) is 0 Å². The number of nitrogens with zero attached hydrogens (tertiary/aromatic N) is 2. The molecule has 0 fully saturated rings. The molecule has 10 heteroatoms. The Morgan fingerprint density at radius 3 is 2.52 bits per heavy atom. The van der Waals surface area contributed by atoms with E-state index in [2.05, 4.69) is 0 Å². The molecule has 0 aromatic heterocycles. The highest BCUT2D eigenvalue weighted by molar-refractivity contribution is 8.13. The number of hydrogen-bond donors (Lipinski definition) is 0. The fraction of sp³-hybridized carbons (Fsp3) is 0.455. The Labute approximate surface area is 125 Å². The van der Waals surface area contributed by atoms with Crippen LogP contribution in [0.25, 0.3) is 0 Å². The van der Waals surface area contributed by atoms with Gasteiger partial charge in [-0.05, 0) is 20.5 Å². The highest BCUT2D eigenvalue weighted by Gasteiger charge is 2.25. The molecule has 0 bridgehead atoms. The number of non-ortho nitro benzene ring substituents is 1. The Hall–Kier alpha value is -1.45. The van der Waals surface area contributed by atoms with Crippen LogP contribution in [0, 0.1) is 15.9 Å². The summed E-state index contributed by atoms with van der Waals surface area (Å²) in [7, 11) is 4.47. The fourth-order valence-electron chi connectivity index (χ4n) is 1.54. The molecular formula is C11H14ClFN2O5S. The molecule has 0 saturated carbocycles. The van der Waals surface area contributed by atoms with Crippen molar-refractivity contribution in [1.82, 2.24) is 4.90 Å². The van der Waals surface area contributed by atoms with Gasteiger partial charge in [0.1, 0.15) is 4.90 Å². The zero-order chi connectivity index (χ0) is 16.2. The number of halogens is 2. The first kappa shape index (κ1) is 17.6. The van der Waals surface area contributed by atoms with E-state index in [9.17, 15) is 22.9 Å². The Balaban J connectivity index is 3.10. The average molecular weight is 341 g/mol. The summed E-state index contributed by atoms with van der Waals surface area (Å²) in [5.41, 5.74) is -0.715. The van der Waals surface area contributed by atoms with Crippen molar-refractivity contribution in [3.05, 3.63) is 28.1 Å². The lowest BCUT2D eigenvalue weighted by atomic mass is 10.3. The van der Waals surface area contributed by atoms with Crippen LogP contribution >= 0.6 is 10.7 Å². The van der Waals surface area contributed by atoms with Crippen molar-refractivity contribution in [2.24, 2.45) is 0 Å². The number of rotatable bonds is 7. The average Bonchev–Trinajstić information content (AvgIpc) is 2.33. The molecule has 0 unspecified atom stereocenters. The first-order chi connectivity index (χ1) is 9.62. The summed E-state index contributed by atoms with van der Waals surface area (Å²) in [6, 6.07) is 1.26. The van der Waals surface area contributed by atoms with Crippen LogP contribution in [0.5, 0.6) is 5.75 Å². The minimum absolute atomic E-state index is 0.0479. The molecule has 0 saturated heterocycles. The number of nitro benzene ring substituents is 1. The van der Waals surface area contributed by atoms with Crippen LogP contribution in [0.15, 0.2) is 17.0 Å². The monoisotopic (exact) mass is 340 g/mol. The lowest BCUT2D eigenvalue weighted by Crippen LogP contribution is -2.16. The van der Waals surface area contributed by atoms with Crippen molar-refractivity contribution in [2.75, 3.05) is 27.2 Å². The van der Waals surface area contributed by atoms with Crippen molar-refractivity contribution in [3.63, 3.8) is 0 Å². The second-order valence-corrected chi connectivity index (χ2v) is 6.99. The number of hydrogen-bond acceptors (Lipinski definition) is 6. The van der Waals surface area contributed by atoms with E-state index in [-0.39, 0.29) is 6.61 Å². The van der Waals surface area contributed by atoms with Gasteiger partial charge < -0.3 is 9.64 Å². The largest absolute Gasteiger partial charge is 0.489 e. The van der Waals surface area contributed by atoms with Crippen molar-refractivity contribution < 1.29 is 22.5 Å². The minimum atomic E-state index is -4.37. The second kappa shape index (κ2) is 7.01. The normalized spacial score (nSPS) is 11.7. The van der Waals surface area contributed by atoms with E-state index in [1.165, 1.54) is 0 Å². The SMILES string of the molecule is CN(C)CCCOc1c(F)cc([N+](=O)[O-])cc1S(=O)(=O)Cl. The number of ether oxygens (including phenoxy) is 1. The molecule has 118 valence electrons. The predicted molar refractivity (Wildman–Crippen MR) is 74.8 cm³/mol. The molecule has 0 radical (unpaired) electrons. The van der Waals surface area contributed by atoms with Gasteiger partial charge in [0.15, 0.2) is 11.6 Å². The molecule has 1 aromatic rings. The maximum Gasteiger partial charge on any atom is 0.273 e. The van der Waals surface area contributed by atoms with Gasteiger partial charge in [-0.3, -0.25) is 10.1 Å². The molecule has 1 rings (SSSR count). The Kier molecular flexibility index (Phi) is 5.87. The third kappa shape index (κ3) is 5.10. The van der Waals surface area contributed by atoms with Crippen LogP contribution in [-0.4, -0.2) is 45.5 Å². The Bertz CT molecular complexity index is 636. The zero-order valence-corrected chi connectivity index (χ0v) is 12.9. The third-order valence-corrected chi connectivity index (χ3v) is 3.79. The van der Waals surface area contributed by atoms with Gasteiger partial charge in [-0.15, -0.1) is 0 Å². The van der Waals surface area contributed by atoms with Crippen LogP contribution in [-0.2, 0) is 9.05 Å². The Morgan fingerprint density at radius 2 is 2.05 bits per heavy atom. The Morgan fingerprint density at radius 1 is 1.43 bits per heavy atom. The molecule has 0 aliphatic carbocycles. The third-order valence-electron chi connectivity index (χ3n) is 2.46. The van der Waals surface area contributed by atoms with E-state index in [1.54, 1.807) is 0 Å². The molecular weight excluding hydrogens is 327 g/mol.